The summed E-state index contributed by atoms with van der Waals surface area (Å²) in [7, 11) is 1.30. The fourth-order valence-corrected chi connectivity index (χ4v) is 1.33. The molecule has 0 bridgehead atoms. The summed E-state index contributed by atoms with van der Waals surface area (Å²) in [4.78, 5) is 17.7. The Morgan fingerprint density at radius 3 is 2.77 bits per heavy atom. The predicted octanol–water partition coefficient (Wildman–Crippen LogP) is 0.370. The summed E-state index contributed by atoms with van der Waals surface area (Å²) in [6.07, 6.45) is 1.98. The normalized spacial score (nSPS) is 17.3. The first-order valence-corrected chi connectivity index (χ1v) is 4.51. The van der Waals surface area contributed by atoms with E-state index in [1.165, 1.54) is 20.0 Å². The molecule has 0 aromatic carbocycles. The number of methoxy groups -OCH3 is 1. The molecule has 1 aliphatic rings. The average molecular weight is 188 g/mol. The minimum atomic E-state index is -0.554. The standard InChI is InChI=1S/C8H16N2O3/c1-12-8(11)9-13-7-6-10-4-2-3-5-10/h2-7H2,1H3,(H,9,11). The van der Waals surface area contributed by atoms with Gasteiger partial charge in [-0.15, -0.1) is 0 Å². The van der Waals surface area contributed by atoms with E-state index in [9.17, 15) is 4.79 Å². The molecule has 76 valence electrons. The number of hydroxylamine groups is 1. The monoisotopic (exact) mass is 188 g/mol. The maximum Gasteiger partial charge on any atom is 0.431 e. The van der Waals surface area contributed by atoms with Gasteiger partial charge in [0.15, 0.2) is 0 Å². The molecule has 5 nitrogen and oxygen atoms in total. The molecule has 13 heavy (non-hydrogen) atoms. The lowest BCUT2D eigenvalue weighted by molar-refractivity contribution is 0.0262. The Labute approximate surface area is 77.9 Å². The average Bonchev–Trinajstić information content (AvgIpc) is 2.64. The minimum Gasteiger partial charge on any atom is -0.451 e. The highest BCUT2D eigenvalue weighted by molar-refractivity contribution is 5.65. The van der Waals surface area contributed by atoms with Gasteiger partial charge in [0.25, 0.3) is 0 Å². The van der Waals surface area contributed by atoms with Crippen LogP contribution in [0.3, 0.4) is 0 Å². The number of carbonyl (C=O) groups excluding carboxylic acids is 1. The van der Waals surface area contributed by atoms with E-state index in [2.05, 4.69) is 15.1 Å². The van der Waals surface area contributed by atoms with Crippen molar-refractivity contribution in [3.63, 3.8) is 0 Å². The Hall–Kier alpha value is -0.810. The van der Waals surface area contributed by atoms with Gasteiger partial charge in [0.05, 0.1) is 13.7 Å². The molecule has 1 saturated heterocycles. The molecular weight excluding hydrogens is 172 g/mol. The molecule has 1 fully saturated rings. The van der Waals surface area contributed by atoms with E-state index < -0.39 is 6.09 Å². The third-order valence-electron chi connectivity index (χ3n) is 2.05. The van der Waals surface area contributed by atoms with Gasteiger partial charge in [-0.25, -0.2) is 4.79 Å². The van der Waals surface area contributed by atoms with Crippen LogP contribution in [-0.4, -0.2) is 44.3 Å². The molecule has 0 spiro atoms. The highest BCUT2D eigenvalue weighted by atomic mass is 16.7. The summed E-state index contributed by atoms with van der Waals surface area (Å²) in [5, 5.41) is 0. The summed E-state index contributed by atoms with van der Waals surface area (Å²) < 4.78 is 4.33. The van der Waals surface area contributed by atoms with Crippen LogP contribution < -0.4 is 5.48 Å². The Bertz CT molecular complexity index is 157. The van der Waals surface area contributed by atoms with E-state index in [1.807, 2.05) is 0 Å². The zero-order valence-corrected chi connectivity index (χ0v) is 7.91. The van der Waals surface area contributed by atoms with Crippen LogP contribution >= 0.6 is 0 Å². The molecule has 0 unspecified atom stereocenters. The van der Waals surface area contributed by atoms with Crippen molar-refractivity contribution in [3.05, 3.63) is 0 Å². The number of carbonyl (C=O) groups is 1. The van der Waals surface area contributed by atoms with E-state index in [0.717, 1.165) is 19.6 Å². The molecule has 5 heteroatoms. The number of ether oxygens (including phenoxy) is 1. The van der Waals surface area contributed by atoms with Gasteiger partial charge in [-0.3, -0.25) is 4.84 Å². The summed E-state index contributed by atoms with van der Waals surface area (Å²) in [6.45, 7) is 3.66. The van der Waals surface area contributed by atoms with Crippen molar-refractivity contribution in [2.24, 2.45) is 0 Å². The number of nitrogens with zero attached hydrogens (tertiary/aromatic N) is 1. The fraction of sp³-hybridized carbons (Fsp3) is 0.875. The number of rotatable bonds is 4. The van der Waals surface area contributed by atoms with Crippen LogP contribution in [0.2, 0.25) is 0 Å². The van der Waals surface area contributed by atoms with Crippen molar-refractivity contribution in [2.45, 2.75) is 12.8 Å². The van der Waals surface area contributed by atoms with Crippen LogP contribution in [0.25, 0.3) is 0 Å². The highest BCUT2D eigenvalue weighted by Gasteiger charge is 2.10. The Balaban J connectivity index is 1.91. The highest BCUT2D eigenvalue weighted by Crippen LogP contribution is 2.05. The van der Waals surface area contributed by atoms with Crippen molar-refractivity contribution in [1.82, 2.24) is 10.4 Å². The zero-order valence-electron chi connectivity index (χ0n) is 7.91. The number of likely N-dealkylation sites (tertiary alicyclic amines) is 1. The maximum absolute atomic E-state index is 10.5. The second-order valence-corrected chi connectivity index (χ2v) is 2.99. The lowest BCUT2D eigenvalue weighted by atomic mass is 10.4. The largest absolute Gasteiger partial charge is 0.451 e. The van der Waals surface area contributed by atoms with Gasteiger partial charge in [0, 0.05) is 6.54 Å². The van der Waals surface area contributed by atoms with Gasteiger partial charge < -0.3 is 9.64 Å². The third kappa shape index (κ3) is 4.10. The molecule has 0 aromatic rings. The summed E-state index contributed by atoms with van der Waals surface area (Å²) in [6, 6.07) is 0. The molecule has 0 atom stereocenters. The van der Waals surface area contributed by atoms with Crippen molar-refractivity contribution in [1.29, 1.82) is 0 Å². The van der Waals surface area contributed by atoms with Gasteiger partial charge in [0.1, 0.15) is 0 Å². The van der Waals surface area contributed by atoms with Gasteiger partial charge in [-0.05, 0) is 25.9 Å². The van der Waals surface area contributed by atoms with Crippen LogP contribution in [0.15, 0.2) is 0 Å². The van der Waals surface area contributed by atoms with Crippen LogP contribution in [0.1, 0.15) is 12.8 Å². The zero-order chi connectivity index (χ0) is 9.52. The smallest absolute Gasteiger partial charge is 0.431 e. The van der Waals surface area contributed by atoms with E-state index >= 15 is 0 Å². The van der Waals surface area contributed by atoms with E-state index in [4.69, 9.17) is 4.84 Å². The maximum atomic E-state index is 10.5. The lowest BCUT2D eigenvalue weighted by Gasteiger charge is -2.13. The van der Waals surface area contributed by atoms with E-state index in [1.54, 1.807) is 0 Å². The molecule has 1 rings (SSSR count). The van der Waals surface area contributed by atoms with E-state index in [-0.39, 0.29) is 0 Å². The van der Waals surface area contributed by atoms with Crippen molar-refractivity contribution in [2.75, 3.05) is 33.4 Å². The van der Waals surface area contributed by atoms with Crippen molar-refractivity contribution in [3.8, 4) is 0 Å². The summed E-state index contributed by atoms with van der Waals surface area (Å²) in [5.41, 5.74) is 2.17. The quantitative estimate of drug-likeness (QED) is 0.511. The molecular formula is C8H16N2O3. The van der Waals surface area contributed by atoms with Crippen LogP contribution in [0.5, 0.6) is 0 Å². The van der Waals surface area contributed by atoms with Gasteiger partial charge in [-0.1, -0.05) is 0 Å². The molecule has 0 saturated carbocycles. The lowest BCUT2D eigenvalue weighted by Crippen LogP contribution is -2.30. The van der Waals surface area contributed by atoms with Crippen LogP contribution in [-0.2, 0) is 9.57 Å². The Kier molecular flexibility index (Phi) is 4.56. The van der Waals surface area contributed by atoms with Crippen LogP contribution in [0.4, 0.5) is 4.79 Å². The summed E-state index contributed by atoms with van der Waals surface area (Å²) in [5.74, 6) is 0. The third-order valence-corrected chi connectivity index (χ3v) is 2.05. The summed E-state index contributed by atoms with van der Waals surface area (Å²) >= 11 is 0. The molecule has 0 radical (unpaired) electrons. The molecule has 1 heterocycles. The molecule has 0 aromatic heterocycles. The Morgan fingerprint density at radius 2 is 2.15 bits per heavy atom. The molecule has 1 aliphatic heterocycles. The first kappa shape index (κ1) is 10.3. The van der Waals surface area contributed by atoms with Gasteiger partial charge in [0.2, 0.25) is 0 Å². The SMILES string of the molecule is COC(=O)NOCCN1CCCC1. The van der Waals surface area contributed by atoms with Crippen molar-refractivity contribution < 1.29 is 14.4 Å². The second-order valence-electron chi connectivity index (χ2n) is 2.99. The van der Waals surface area contributed by atoms with Crippen LogP contribution in [0, 0.1) is 0 Å². The van der Waals surface area contributed by atoms with Crippen molar-refractivity contribution >= 4 is 6.09 Å². The fourth-order valence-electron chi connectivity index (χ4n) is 1.33. The Morgan fingerprint density at radius 1 is 1.46 bits per heavy atom. The topological polar surface area (TPSA) is 50.8 Å². The first-order chi connectivity index (χ1) is 6.33. The molecule has 0 aliphatic carbocycles. The van der Waals surface area contributed by atoms with E-state index in [0.29, 0.717) is 6.61 Å². The molecule has 1 amide bonds. The number of amides is 1. The molecule has 1 N–H and O–H groups in total. The van der Waals surface area contributed by atoms with Gasteiger partial charge >= 0.3 is 6.09 Å². The number of nitrogens with one attached hydrogen (secondary N) is 1. The van der Waals surface area contributed by atoms with Gasteiger partial charge in [-0.2, -0.15) is 5.48 Å². The first-order valence-electron chi connectivity index (χ1n) is 4.51. The minimum absolute atomic E-state index is 0.509. The predicted molar refractivity (Wildman–Crippen MR) is 47.2 cm³/mol. The number of hydrogen-bond donors (Lipinski definition) is 1. The number of hydrogen-bond acceptors (Lipinski definition) is 4. The second kappa shape index (κ2) is 5.77.